The van der Waals surface area contributed by atoms with Crippen molar-refractivity contribution in [3.8, 4) is 0 Å². The number of esters is 1. The first-order chi connectivity index (χ1) is 6.72. The number of ether oxygens (including phenoxy) is 2. The van der Waals surface area contributed by atoms with Crippen molar-refractivity contribution in [2.75, 3.05) is 19.8 Å². The monoisotopic (exact) mass is 200 g/mol. The van der Waals surface area contributed by atoms with Gasteiger partial charge in [-0.05, 0) is 13.3 Å². The molecule has 0 aromatic rings. The Hall–Kier alpha value is -0.830. The van der Waals surface area contributed by atoms with E-state index in [-0.39, 0.29) is 12.6 Å². The summed E-state index contributed by atoms with van der Waals surface area (Å²) in [5.41, 5.74) is 0.392. The third kappa shape index (κ3) is 6.66. The zero-order valence-corrected chi connectivity index (χ0v) is 9.17. The van der Waals surface area contributed by atoms with Crippen LogP contribution in [0.25, 0.3) is 0 Å². The molecule has 3 nitrogen and oxygen atoms in total. The summed E-state index contributed by atoms with van der Waals surface area (Å²) in [5, 5.41) is 0. The fourth-order valence-corrected chi connectivity index (χ4v) is 0.942. The van der Waals surface area contributed by atoms with Gasteiger partial charge in [0.15, 0.2) is 0 Å². The molecule has 0 amide bonds. The molecule has 14 heavy (non-hydrogen) atoms. The number of rotatable bonds is 8. The molecule has 82 valence electrons. The van der Waals surface area contributed by atoms with E-state index in [4.69, 9.17) is 9.47 Å². The Bertz CT molecular complexity index is 175. The molecule has 0 unspecified atom stereocenters. The summed E-state index contributed by atoms with van der Waals surface area (Å²) in [7, 11) is 0. The van der Waals surface area contributed by atoms with Crippen molar-refractivity contribution in [3.05, 3.63) is 12.2 Å². The smallest absolute Gasteiger partial charge is 0.335 e. The number of hydrogen-bond donors (Lipinski definition) is 0. The molecule has 0 aliphatic carbocycles. The average molecular weight is 200 g/mol. The molecule has 0 radical (unpaired) electrons. The van der Waals surface area contributed by atoms with Crippen LogP contribution in [-0.4, -0.2) is 25.8 Å². The normalized spacial score (nSPS) is 9.86. The van der Waals surface area contributed by atoms with Crippen LogP contribution in [0.3, 0.4) is 0 Å². The van der Waals surface area contributed by atoms with Gasteiger partial charge in [0.25, 0.3) is 0 Å². The van der Waals surface area contributed by atoms with Gasteiger partial charge in [-0.15, -0.1) is 0 Å². The highest BCUT2D eigenvalue weighted by atomic mass is 16.5. The van der Waals surface area contributed by atoms with E-state index in [1.54, 1.807) is 6.92 Å². The lowest BCUT2D eigenvalue weighted by molar-refractivity contribution is -0.139. The summed E-state index contributed by atoms with van der Waals surface area (Å²) in [6.07, 6.45) is 3.36. The molecule has 0 heterocycles. The minimum atomic E-state index is -0.358. The van der Waals surface area contributed by atoms with Crippen LogP contribution in [0.1, 0.15) is 33.1 Å². The van der Waals surface area contributed by atoms with Gasteiger partial charge in [-0.2, -0.15) is 0 Å². The number of carbonyl (C=O) groups excluding carboxylic acids is 1. The lowest BCUT2D eigenvalue weighted by Crippen LogP contribution is -2.12. The van der Waals surface area contributed by atoms with Gasteiger partial charge in [0.1, 0.15) is 0 Å². The van der Waals surface area contributed by atoms with Gasteiger partial charge < -0.3 is 9.47 Å². The Morgan fingerprint density at radius 1 is 1.29 bits per heavy atom. The molecular weight excluding hydrogens is 180 g/mol. The summed E-state index contributed by atoms with van der Waals surface area (Å²) in [4.78, 5) is 11.1. The summed E-state index contributed by atoms with van der Waals surface area (Å²) >= 11 is 0. The van der Waals surface area contributed by atoms with Crippen LogP contribution >= 0.6 is 0 Å². The van der Waals surface area contributed by atoms with Gasteiger partial charge in [0.2, 0.25) is 0 Å². The molecule has 0 N–H and O–H groups in total. The lowest BCUT2D eigenvalue weighted by Gasteiger charge is -2.06. The fourth-order valence-electron chi connectivity index (χ4n) is 0.942. The molecule has 0 aromatic carbocycles. The van der Waals surface area contributed by atoms with Gasteiger partial charge in [-0.3, -0.25) is 0 Å². The fraction of sp³-hybridized carbons (Fsp3) is 0.727. The Labute approximate surface area is 86.1 Å². The van der Waals surface area contributed by atoms with Gasteiger partial charge in [-0.25, -0.2) is 4.79 Å². The van der Waals surface area contributed by atoms with Crippen LogP contribution in [0.2, 0.25) is 0 Å². The van der Waals surface area contributed by atoms with E-state index in [0.29, 0.717) is 18.8 Å². The average Bonchev–Trinajstić information content (AvgIpc) is 2.17. The van der Waals surface area contributed by atoms with Crippen LogP contribution in [0, 0.1) is 0 Å². The van der Waals surface area contributed by atoms with Crippen molar-refractivity contribution in [3.63, 3.8) is 0 Å². The van der Waals surface area contributed by atoms with E-state index in [9.17, 15) is 4.79 Å². The predicted octanol–water partition coefficient (Wildman–Crippen LogP) is 2.31. The number of carbonyl (C=O) groups is 1. The van der Waals surface area contributed by atoms with E-state index < -0.39 is 0 Å². The molecule has 0 atom stereocenters. The van der Waals surface area contributed by atoms with E-state index >= 15 is 0 Å². The molecule has 0 aromatic heterocycles. The van der Waals surface area contributed by atoms with Crippen molar-refractivity contribution in [2.24, 2.45) is 0 Å². The zero-order chi connectivity index (χ0) is 10.8. The second kappa shape index (κ2) is 8.75. The van der Waals surface area contributed by atoms with Gasteiger partial charge in [0.05, 0.1) is 18.8 Å². The summed E-state index contributed by atoms with van der Waals surface area (Å²) in [5.74, 6) is -0.358. The predicted molar refractivity (Wildman–Crippen MR) is 56.1 cm³/mol. The van der Waals surface area contributed by atoms with Crippen molar-refractivity contribution >= 4 is 5.97 Å². The Kier molecular flexibility index (Phi) is 8.24. The number of hydrogen-bond acceptors (Lipinski definition) is 3. The van der Waals surface area contributed by atoms with Crippen LogP contribution in [0.5, 0.6) is 0 Å². The third-order valence-corrected chi connectivity index (χ3v) is 1.73. The van der Waals surface area contributed by atoms with Crippen LogP contribution in [0.4, 0.5) is 0 Å². The van der Waals surface area contributed by atoms with E-state index in [2.05, 4.69) is 13.5 Å². The molecule has 0 saturated carbocycles. The van der Waals surface area contributed by atoms with E-state index in [0.717, 1.165) is 12.8 Å². The minimum absolute atomic E-state index is 0.280. The molecule has 0 aliphatic heterocycles. The highest BCUT2D eigenvalue weighted by Gasteiger charge is 2.06. The molecule has 3 heteroatoms. The van der Waals surface area contributed by atoms with Gasteiger partial charge in [0, 0.05) is 6.61 Å². The van der Waals surface area contributed by atoms with Crippen molar-refractivity contribution in [2.45, 2.75) is 33.1 Å². The highest BCUT2D eigenvalue weighted by Crippen LogP contribution is 1.99. The molecular formula is C11H20O3. The zero-order valence-electron chi connectivity index (χ0n) is 9.17. The molecule has 0 rings (SSSR count). The second-order valence-electron chi connectivity index (χ2n) is 3.08. The Morgan fingerprint density at radius 2 is 2.00 bits per heavy atom. The summed E-state index contributed by atoms with van der Waals surface area (Å²) in [6.45, 7) is 8.85. The molecule has 0 bridgehead atoms. The standard InChI is InChI=1S/C11H20O3/c1-4-6-7-8-13-9-10(3)11(12)14-5-2/h3-9H2,1-2H3. The molecule has 0 saturated heterocycles. The first-order valence-electron chi connectivity index (χ1n) is 5.15. The van der Waals surface area contributed by atoms with Crippen LogP contribution in [-0.2, 0) is 14.3 Å². The van der Waals surface area contributed by atoms with E-state index in [1.165, 1.54) is 6.42 Å². The summed E-state index contributed by atoms with van der Waals surface area (Å²) < 4.78 is 10.0. The van der Waals surface area contributed by atoms with Crippen molar-refractivity contribution < 1.29 is 14.3 Å². The molecule has 0 spiro atoms. The Morgan fingerprint density at radius 3 is 2.57 bits per heavy atom. The van der Waals surface area contributed by atoms with Crippen molar-refractivity contribution in [1.82, 2.24) is 0 Å². The van der Waals surface area contributed by atoms with Crippen LogP contribution in [0.15, 0.2) is 12.2 Å². The quantitative estimate of drug-likeness (QED) is 0.342. The largest absolute Gasteiger partial charge is 0.463 e. The summed E-state index contributed by atoms with van der Waals surface area (Å²) in [6, 6.07) is 0. The third-order valence-electron chi connectivity index (χ3n) is 1.73. The molecule has 0 fully saturated rings. The SMILES string of the molecule is C=C(COCCCCC)C(=O)OCC. The first kappa shape index (κ1) is 13.2. The second-order valence-corrected chi connectivity index (χ2v) is 3.08. The number of unbranched alkanes of at least 4 members (excludes halogenated alkanes) is 2. The molecule has 0 aliphatic rings. The van der Waals surface area contributed by atoms with Gasteiger partial charge in [-0.1, -0.05) is 26.3 Å². The Balaban J connectivity index is 3.39. The highest BCUT2D eigenvalue weighted by molar-refractivity contribution is 5.87. The van der Waals surface area contributed by atoms with E-state index in [1.807, 2.05) is 0 Å². The topological polar surface area (TPSA) is 35.5 Å². The lowest BCUT2D eigenvalue weighted by atomic mass is 10.3. The maximum Gasteiger partial charge on any atom is 0.335 e. The maximum absolute atomic E-state index is 11.1. The van der Waals surface area contributed by atoms with Crippen molar-refractivity contribution in [1.29, 1.82) is 0 Å². The minimum Gasteiger partial charge on any atom is -0.463 e. The first-order valence-corrected chi connectivity index (χ1v) is 5.15. The van der Waals surface area contributed by atoms with Gasteiger partial charge >= 0.3 is 5.97 Å². The maximum atomic E-state index is 11.1. The van der Waals surface area contributed by atoms with Crippen LogP contribution < -0.4 is 0 Å².